The Morgan fingerprint density at radius 3 is 1.44 bits per heavy atom. The van der Waals surface area contributed by atoms with E-state index in [9.17, 15) is 9.59 Å². The molecule has 0 aromatic heterocycles. The molecule has 1 heterocycles. The number of carbonyl (C=O) groups is 2. The average Bonchev–Trinajstić information content (AvgIpc) is 3.05. The molecule has 1 aliphatic heterocycles. The summed E-state index contributed by atoms with van der Waals surface area (Å²) in [5.41, 5.74) is 5.50. The predicted molar refractivity (Wildman–Crippen MR) is 185 cm³/mol. The minimum absolute atomic E-state index is 0.257. The zero-order valence-electron chi connectivity index (χ0n) is 23.7. The lowest BCUT2D eigenvalue weighted by molar-refractivity contribution is -0.120. The molecule has 5 aromatic carbocycles. The molecule has 1 amide bonds. The summed E-state index contributed by atoms with van der Waals surface area (Å²) in [5, 5.41) is 5.19. The molecule has 222 valence electrons. The summed E-state index contributed by atoms with van der Waals surface area (Å²) in [6.07, 6.45) is 1.54. The molecule has 1 aliphatic rings. The van der Waals surface area contributed by atoms with Gasteiger partial charge in [0, 0.05) is 43.3 Å². The minimum atomic E-state index is -0.740. The van der Waals surface area contributed by atoms with Crippen molar-refractivity contribution in [2.75, 3.05) is 0 Å². The number of benzene rings is 5. The first-order chi connectivity index (χ1) is 21.8. The fourth-order valence-corrected chi connectivity index (χ4v) is 6.25. The van der Waals surface area contributed by atoms with E-state index in [0.717, 1.165) is 33.4 Å². The number of rotatable bonds is 6. The van der Waals surface area contributed by atoms with Crippen LogP contribution in [0.15, 0.2) is 139 Å². The molecule has 5 aromatic rings. The maximum atomic E-state index is 14.5. The van der Waals surface area contributed by atoms with Crippen LogP contribution in [0.4, 0.5) is 0 Å². The first kappa shape index (κ1) is 30.9. The molecular weight excluding hydrogens is 644 g/mol. The SMILES string of the molecule is O=C(/C1=C/NC(=O)C(c2ccccc2)/C(c2ccc(Cl)cc2)=C(/c2ccc(Cl)cc2)C1c1ccc(Cl)cc1)c1ccc(Cl)cc1. The smallest absolute Gasteiger partial charge is 0.235 e. The van der Waals surface area contributed by atoms with Gasteiger partial charge in [-0.15, -0.1) is 0 Å². The average molecular weight is 669 g/mol. The zero-order valence-corrected chi connectivity index (χ0v) is 26.7. The Kier molecular flexibility index (Phi) is 9.25. The summed E-state index contributed by atoms with van der Waals surface area (Å²) in [6.45, 7) is 0. The molecule has 0 spiro atoms. The quantitative estimate of drug-likeness (QED) is 0.183. The van der Waals surface area contributed by atoms with E-state index in [-0.39, 0.29) is 11.7 Å². The molecule has 6 rings (SSSR count). The number of hydrogen-bond acceptors (Lipinski definition) is 2. The highest BCUT2D eigenvalue weighted by molar-refractivity contribution is 6.31. The first-order valence-corrected chi connectivity index (χ1v) is 15.7. The molecule has 0 saturated heterocycles. The predicted octanol–water partition coefficient (Wildman–Crippen LogP) is 10.7. The second kappa shape index (κ2) is 13.5. The van der Waals surface area contributed by atoms with Crippen LogP contribution >= 0.6 is 46.4 Å². The second-order valence-electron chi connectivity index (χ2n) is 10.6. The lowest BCUT2D eigenvalue weighted by Crippen LogP contribution is -2.31. The van der Waals surface area contributed by atoms with Gasteiger partial charge < -0.3 is 5.32 Å². The molecule has 1 N–H and O–H groups in total. The van der Waals surface area contributed by atoms with Gasteiger partial charge in [0.2, 0.25) is 5.91 Å². The molecule has 45 heavy (non-hydrogen) atoms. The number of carbonyl (C=O) groups excluding carboxylic acids is 2. The van der Waals surface area contributed by atoms with Gasteiger partial charge in [0.1, 0.15) is 0 Å². The number of ketones is 1. The van der Waals surface area contributed by atoms with E-state index in [4.69, 9.17) is 46.4 Å². The second-order valence-corrected chi connectivity index (χ2v) is 12.4. The van der Waals surface area contributed by atoms with Crippen LogP contribution in [0.3, 0.4) is 0 Å². The van der Waals surface area contributed by atoms with Crippen LogP contribution in [-0.4, -0.2) is 11.7 Å². The van der Waals surface area contributed by atoms with Crippen molar-refractivity contribution in [1.29, 1.82) is 0 Å². The normalized spacial score (nSPS) is 19.6. The summed E-state index contributed by atoms with van der Waals surface area (Å²) in [6, 6.07) is 38.6. The Balaban J connectivity index is 1.75. The van der Waals surface area contributed by atoms with E-state index < -0.39 is 11.8 Å². The van der Waals surface area contributed by atoms with E-state index in [1.165, 1.54) is 0 Å². The highest BCUT2D eigenvalue weighted by Crippen LogP contribution is 2.49. The van der Waals surface area contributed by atoms with Crippen LogP contribution in [0.2, 0.25) is 20.1 Å². The van der Waals surface area contributed by atoms with E-state index in [1.807, 2.05) is 78.9 Å². The van der Waals surface area contributed by atoms with Gasteiger partial charge in [-0.25, -0.2) is 0 Å². The van der Waals surface area contributed by atoms with Gasteiger partial charge >= 0.3 is 0 Å². The van der Waals surface area contributed by atoms with E-state index in [1.54, 1.807) is 54.7 Å². The molecule has 0 radical (unpaired) electrons. The number of halogens is 4. The van der Waals surface area contributed by atoms with Gasteiger partial charge in [-0.05, 0) is 94.1 Å². The third kappa shape index (κ3) is 6.63. The Labute approximate surface area is 281 Å². The fraction of sp³-hybridized carbons (Fsp3) is 0.0526. The molecule has 7 heteroatoms. The maximum Gasteiger partial charge on any atom is 0.235 e. The van der Waals surface area contributed by atoms with E-state index in [0.29, 0.717) is 31.2 Å². The zero-order chi connectivity index (χ0) is 31.5. The number of Topliss-reactive ketones (excluding diaryl/α,β-unsaturated/α-hetero) is 1. The monoisotopic (exact) mass is 667 g/mol. The molecule has 0 bridgehead atoms. The molecule has 3 nitrogen and oxygen atoms in total. The van der Waals surface area contributed by atoms with Gasteiger partial charge in [0.15, 0.2) is 5.78 Å². The lowest BCUT2D eigenvalue weighted by atomic mass is 9.71. The molecule has 0 aliphatic carbocycles. The van der Waals surface area contributed by atoms with Crippen molar-refractivity contribution in [3.63, 3.8) is 0 Å². The van der Waals surface area contributed by atoms with Gasteiger partial charge in [0.25, 0.3) is 0 Å². The molecule has 2 atom stereocenters. The van der Waals surface area contributed by atoms with Crippen LogP contribution < -0.4 is 5.32 Å². The van der Waals surface area contributed by atoms with Crippen molar-refractivity contribution in [3.05, 3.63) is 187 Å². The number of nitrogens with one attached hydrogen (secondary N) is 1. The van der Waals surface area contributed by atoms with Crippen LogP contribution in [0.25, 0.3) is 11.1 Å². The molecule has 0 fully saturated rings. The summed E-state index contributed by atoms with van der Waals surface area (Å²) >= 11 is 25.3. The topological polar surface area (TPSA) is 46.2 Å². The Bertz CT molecular complexity index is 1910. The third-order valence-electron chi connectivity index (χ3n) is 7.83. The van der Waals surface area contributed by atoms with Crippen molar-refractivity contribution in [2.45, 2.75) is 11.8 Å². The summed E-state index contributed by atoms with van der Waals surface area (Å²) in [4.78, 5) is 28.8. The van der Waals surface area contributed by atoms with E-state index in [2.05, 4.69) is 5.32 Å². The van der Waals surface area contributed by atoms with Crippen LogP contribution in [-0.2, 0) is 4.79 Å². The fourth-order valence-electron chi connectivity index (χ4n) is 5.75. The molecule has 2 unspecified atom stereocenters. The van der Waals surface area contributed by atoms with Crippen molar-refractivity contribution < 1.29 is 9.59 Å². The highest BCUT2D eigenvalue weighted by atomic mass is 35.5. The minimum Gasteiger partial charge on any atom is -0.331 e. The number of allylic oxidation sites excluding steroid dienone is 2. The summed E-state index contributed by atoms with van der Waals surface area (Å²) in [7, 11) is 0. The first-order valence-electron chi connectivity index (χ1n) is 14.2. The van der Waals surface area contributed by atoms with Crippen molar-refractivity contribution in [2.24, 2.45) is 0 Å². The Morgan fingerprint density at radius 2 is 0.933 bits per heavy atom. The number of amides is 1. The van der Waals surface area contributed by atoms with Crippen molar-refractivity contribution in [1.82, 2.24) is 5.32 Å². The van der Waals surface area contributed by atoms with Crippen LogP contribution in [0.5, 0.6) is 0 Å². The van der Waals surface area contributed by atoms with Gasteiger partial charge in [0.05, 0.1) is 5.92 Å². The molecule has 0 saturated carbocycles. The van der Waals surface area contributed by atoms with Crippen LogP contribution in [0.1, 0.15) is 44.4 Å². The maximum absolute atomic E-state index is 14.5. The standard InChI is InChI=1S/C38H25Cl4NO2/c39-28-14-6-24(7-15-28)33-32(37(44)27-12-20-31(42)21-13-27)22-43-38(45)36(23-4-2-1-3-5-23)35(26-10-18-30(41)19-11-26)34(33)25-8-16-29(40)17-9-25/h1-22,33,36H,(H,43,45)/b32-22+,35-34-. The van der Waals surface area contributed by atoms with E-state index >= 15 is 0 Å². The van der Waals surface area contributed by atoms with Gasteiger partial charge in [-0.1, -0.05) is 113 Å². The van der Waals surface area contributed by atoms with Gasteiger partial charge in [-0.2, -0.15) is 0 Å². The van der Waals surface area contributed by atoms with Crippen molar-refractivity contribution >= 4 is 69.2 Å². The van der Waals surface area contributed by atoms with Gasteiger partial charge in [-0.3, -0.25) is 9.59 Å². The lowest BCUT2D eigenvalue weighted by Gasteiger charge is -2.33. The molecular formula is C38H25Cl4NO2. The third-order valence-corrected chi connectivity index (χ3v) is 8.83. The van der Waals surface area contributed by atoms with Crippen molar-refractivity contribution in [3.8, 4) is 0 Å². The Hall–Kier alpha value is -4.12. The summed E-state index contributed by atoms with van der Waals surface area (Å²) < 4.78 is 0. The number of hydrogen-bond donors (Lipinski definition) is 1. The highest BCUT2D eigenvalue weighted by Gasteiger charge is 2.37. The summed E-state index contributed by atoms with van der Waals surface area (Å²) in [5.74, 6) is -1.92. The van der Waals surface area contributed by atoms with Crippen LogP contribution in [0, 0.1) is 0 Å². The largest absolute Gasteiger partial charge is 0.331 e. The Morgan fingerprint density at radius 1 is 0.511 bits per heavy atom.